The second-order valence-corrected chi connectivity index (χ2v) is 6.34. The van der Waals surface area contributed by atoms with Crippen LogP contribution >= 0.6 is 0 Å². The molecule has 1 aromatic carbocycles. The third-order valence-corrected chi connectivity index (χ3v) is 4.10. The minimum atomic E-state index is -4.42. The number of nitrogens with two attached hydrogens (primary N) is 1. The van der Waals surface area contributed by atoms with E-state index in [9.17, 15) is 22.6 Å². The molecule has 122 valence electrons. The molecule has 1 aromatic rings. The number of aliphatic carboxylic acids is 1. The summed E-state index contributed by atoms with van der Waals surface area (Å²) in [5, 5.41) is 11.8. The Morgan fingerprint density at radius 2 is 1.86 bits per heavy atom. The number of carboxylic acid groups (broad SMARTS) is 1. The van der Waals surface area contributed by atoms with Gasteiger partial charge in [0.15, 0.2) is 0 Å². The smallest absolute Gasteiger partial charge is 0.326 e. The Kier molecular flexibility index (Phi) is 5.50. The summed E-state index contributed by atoms with van der Waals surface area (Å²) in [6.07, 6.45) is -0.167. The largest absolute Gasteiger partial charge is 0.480 e. The van der Waals surface area contributed by atoms with E-state index in [1.54, 1.807) is 6.92 Å². The number of rotatable bonds is 7. The zero-order valence-electron chi connectivity index (χ0n) is 12.2. The number of hydrogen-bond acceptors (Lipinski definition) is 5. The monoisotopic (exact) mass is 330 g/mol. The van der Waals surface area contributed by atoms with Crippen LogP contribution in [0.2, 0.25) is 0 Å². The Bertz CT molecular complexity index is 699. The number of carbonyl (C=O) groups excluding carboxylic acids is 1. The maximum absolute atomic E-state index is 11.3. The molecule has 8 nitrogen and oxygen atoms in total. The van der Waals surface area contributed by atoms with Crippen molar-refractivity contribution in [3.05, 3.63) is 23.3 Å². The first-order valence-electron chi connectivity index (χ1n) is 6.38. The first-order valence-corrected chi connectivity index (χ1v) is 7.82. The van der Waals surface area contributed by atoms with Gasteiger partial charge in [0.25, 0.3) is 10.1 Å². The fourth-order valence-corrected chi connectivity index (χ4v) is 2.73. The van der Waals surface area contributed by atoms with Gasteiger partial charge in [0.05, 0.1) is 4.90 Å². The van der Waals surface area contributed by atoms with Gasteiger partial charge in [-0.1, -0.05) is 6.07 Å². The summed E-state index contributed by atoms with van der Waals surface area (Å²) in [5.74, 6) is -1.83. The molecular weight excluding hydrogens is 312 g/mol. The summed E-state index contributed by atoms with van der Waals surface area (Å²) < 4.78 is 31.8. The molecule has 1 atom stereocenters. The Balaban J connectivity index is 3.14. The quantitative estimate of drug-likeness (QED) is 0.537. The SMILES string of the molecule is Cc1cc(C)c(S(=O)(=O)O)cc1N[C@@H](CCC(N)=O)C(=O)O. The lowest BCUT2D eigenvalue weighted by Gasteiger charge is -2.18. The summed E-state index contributed by atoms with van der Waals surface area (Å²) in [6.45, 7) is 3.18. The Morgan fingerprint density at radius 1 is 1.27 bits per heavy atom. The van der Waals surface area contributed by atoms with Crippen LogP contribution in [-0.4, -0.2) is 36.0 Å². The number of benzene rings is 1. The topological polar surface area (TPSA) is 147 Å². The zero-order chi connectivity index (χ0) is 17.1. The fourth-order valence-electron chi connectivity index (χ4n) is 2.00. The predicted octanol–water partition coefficient (Wildman–Crippen LogP) is 0.681. The molecule has 0 saturated carbocycles. The van der Waals surface area contributed by atoms with Gasteiger partial charge < -0.3 is 16.2 Å². The molecule has 0 fully saturated rings. The van der Waals surface area contributed by atoms with Gasteiger partial charge in [-0.3, -0.25) is 9.35 Å². The first kappa shape index (κ1) is 17.9. The van der Waals surface area contributed by atoms with Crippen LogP contribution in [-0.2, 0) is 19.7 Å². The Labute approximate surface area is 128 Å². The first-order chi connectivity index (χ1) is 10.0. The molecule has 0 bridgehead atoms. The van der Waals surface area contributed by atoms with Crippen LogP contribution in [0, 0.1) is 13.8 Å². The van der Waals surface area contributed by atoms with E-state index in [4.69, 9.17) is 10.8 Å². The van der Waals surface area contributed by atoms with Crippen molar-refractivity contribution in [1.29, 1.82) is 0 Å². The minimum absolute atomic E-state index is 0.0425. The maximum Gasteiger partial charge on any atom is 0.326 e. The number of nitrogens with one attached hydrogen (secondary N) is 1. The van der Waals surface area contributed by atoms with Crippen molar-refractivity contribution in [3.8, 4) is 0 Å². The third kappa shape index (κ3) is 4.71. The van der Waals surface area contributed by atoms with E-state index in [2.05, 4.69) is 5.32 Å². The average molecular weight is 330 g/mol. The summed E-state index contributed by atoms with van der Waals surface area (Å²) in [7, 11) is -4.42. The minimum Gasteiger partial charge on any atom is -0.480 e. The predicted molar refractivity (Wildman–Crippen MR) is 79.2 cm³/mol. The van der Waals surface area contributed by atoms with Crippen molar-refractivity contribution in [3.63, 3.8) is 0 Å². The van der Waals surface area contributed by atoms with E-state index in [-0.39, 0.29) is 23.4 Å². The van der Waals surface area contributed by atoms with Crippen molar-refractivity contribution in [2.45, 2.75) is 37.6 Å². The number of amides is 1. The Morgan fingerprint density at radius 3 is 2.32 bits per heavy atom. The molecule has 1 amide bonds. The van der Waals surface area contributed by atoms with E-state index < -0.39 is 28.0 Å². The van der Waals surface area contributed by atoms with Crippen molar-refractivity contribution in [1.82, 2.24) is 0 Å². The fraction of sp³-hybridized carbons (Fsp3) is 0.385. The van der Waals surface area contributed by atoms with Gasteiger partial charge in [-0.05, 0) is 37.5 Å². The molecule has 9 heteroatoms. The van der Waals surface area contributed by atoms with Gasteiger partial charge in [0.1, 0.15) is 6.04 Å². The molecule has 0 radical (unpaired) electrons. The number of aryl methyl sites for hydroxylation is 2. The van der Waals surface area contributed by atoms with E-state index >= 15 is 0 Å². The van der Waals surface area contributed by atoms with Crippen LogP contribution < -0.4 is 11.1 Å². The number of carbonyl (C=O) groups is 2. The molecule has 0 aliphatic heterocycles. The summed E-state index contributed by atoms with van der Waals surface area (Å²) >= 11 is 0. The van der Waals surface area contributed by atoms with E-state index in [0.29, 0.717) is 11.1 Å². The summed E-state index contributed by atoms with van der Waals surface area (Å²) in [6, 6.07) is 1.57. The van der Waals surface area contributed by atoms with Gasteiger partial charge in [-0.2, -0.15) is 8.42 Å². The van der Waals surface area contributed by atoms with E-state index in [1.807, 2.05) is 0 Å². The molecule has 0 aliphatic carbocycles. The van der Waals surface area contributed by atoms with Gasteiger partial charge in [0, 0.05) is 12.1 Å². The van der Waals surface area contributed by atoms with Gasteiger partial charge in [-0.15, -0.1) is 0 Å². The molecule has 0 aromatic heterocycles. The van der Waals surface area contributed by atoms with Crippen LogP contribution in [0.5, 0.6) is 0 Å². The van der Waals surface area contributed by atoms with Crippen molar-refractivity contribution in [2.75, 3.05) is 5.32 Å². The maximum atomic E-state index is 11.3. The van der Waals surface area contributed by atoms with Crippen LogP contribution in [0.15, 0.2) is 17.0 Å². The van der Waals surface area contributed by atoms with E-state index in [0.717, 1.165) is 0 Å². The van der Waals surface area contributed by atoms with Crippen molar-refractivity contribution < 1.29 is 27.7 Å². The normalized spacial score (nSPS) is 12.7. The number of hydrogen-bond donors (Lipinski definition) is 4. The standard InChI is InChI=1S/C13H18N2O6S/c1-7-5-8(2)11(22(19,20)21)6-10(7)15-9(13(17)18)3-4-12(14)16/h5-6,9,15H,3-4H2,1-2H3,(H2,14,16)(H,17,18)(H,19,20,21)/t9-/m0/s1. The van der Waals surface area contributed by atoms with E-state index in [1.165, 1.54) is 19.1 Å². The molecule has 5 N–H and O–H groups in total. The molecule has 22 heavy (non-hydrogen) atoms. The lowest BCUT2D eigenvalue weighted by atomic mass is 10.1. The molecule has 0 heterocycles. The zero-order valence-corrected chi connectivity index (χ0v) is 13.0. The average Bonchev–Trinajstić information content (AvgIpc) is 2.34. The second kappa shape index (κ2) is 6.75. The molecule has 1 rings (SSSR count). The number of primary amides is 1. The molecular formula is C13H18N2O6S. The molecule has 0 aliphatic rings. The second-order valence-electron chi connectivity index (χ2n) is 4.95. The highest BCUT2D eigenvalue weighted by atomic mass is 32.2. The highest BCUT2D eigenvalue weighted by Crippen LogP contribution is 2.25. The molecule has 0 spiro atoms. The highest BCUT2D eigenvalue weighted by molar-refractivity contribution is 7.85. The lowest BCUT2D eigenvalue weighted by Crippen LogP contribution is -2.31. The van der Waals surface area contributed by atoms with Crippen LogP contribution in [0.3, 0.4) is 0 Å². The van der Waals surface area contributed by atoms with Gasteiger partial charge >= 0.3 is 5.97 Å². The molecule has 0 saturated heterocycles. The van der Waals surface area contributed by atoms with Gasteiger partial charge in [0.2, 0.25) is 5.91 Å². The van der Waals surface area contributed by atoms with Crippen molar-refractivity contribution >= 4 is 27.7 Å². The van der Waals surface area contributed by atoms with Crippen LogP contribution in [0.1, 0.15) is 24.0 Å². The Hall–Kier alpha value is -2.13. The number of carboxylic acids is 1. The lowest BCUT2D eigenvalue weighted by molar-refractivity contribution is -0.138. The van der Waals surface area contributed by atoms with Crippen molar-refractivity contribution in [2.24, 2.45) is 5.73 Å². The molecule has 0 unspecified atom stereocenters. The van der Waals surface area contributed by atoms with Crippen LogP contribution in [0.4, 0.5) is 5.69 Å². The van der Waals surface area contributed by atoms with Gasteiger partial charge in [-0.25, -0.2) is 4.79 Å². The third-order valence-electron chi connectivity index (χ3n) is 3.11. The highest BCUT2D eigenvalue weighted by Gasteiger charge is 2.21. The van der Waals surface area contributed by atoms with Crippen LogP contribution in [0.25, 0.3) is 0 Å². The number of anilines is 1. The summed E-state index contributed by atoms with van der Waals surface area (Å²) in [4.78, 5) is 21.7. The summed E-state index contributed by atoms with van der Waals surface area (Å²) in [5.41, 5.74) is 6.19.